The molecule has 23 heavy (non-hydrogen) atoms. The third kappa shape index (κ3) is 6.30. The number of aromatic hydroxyl groups is 1. The predicted molar refractivity (Wildman–Crippen MR) is 89.9 cm³/mol. The predicted octanol–water partition coefficient (Wildman–Crippen LogP) is 2.62. The summed E-state index contributed by atoms with van der Waals surface area (Å²) in [6.45, 7) is 3.37. The Bertz CT molecular complexity index is 644. The molecule has 2 amide bonds. The number of aryl methyl sites for hydroxylation is 1. The molecule has 0 heterocycles. The maximum Gasteiger partial charge on any atom is 0.314 e. The zero-order chi connectivity index (χ0) is 16.5. The summed E-state index contributed by atoms with van der Waals surface area (Å²) >= 11 is 0. The van der Waals surface area contributed by atoms with Crippen molar-refractivity contribution >= 4 is 6.03 Å². The summed E-state index contributed by atoms with van der Waals surface area (Å²) in [5.74, 6) is 1.04. The highest BCUT2D eigenvalue weighted by Crippen LogP contribution is 2.12. The van der Waals surface area contributed by atoms with Gasteiger partial charge in [0, 0.05) is 6.54 Å². The van der Waals surface area contributed by atoms with Crippen LogP contribution in [-0.4, -0.2) is 30.8 Å². The number of hydrogen-bond acceptors (Lipinski definition) is 3. The highest BCUT2D eigenvalue weighted by atomic mass is 16.5. The Hall–Kier alpha value is -2.69. The van der Waals surface area contributed by atoms with Crippen molar-refractivity contribution in [2.24, 2.45) is 0 Å². The number of benzene rings is 2. The van der Waals surface area contributed by atoms with E-state index in [-0.39, 0.29) is 11.8 Å². The fraction of sp³-hybridized carbons (Fsp3) is 0.278. The molecule has 0 atom stereocenters. The van der Waals surface area contributed by atoms with Gasteiger partial charge < -0.3 is 20.5 Å². The Kier molecular flexibility index (Phi) is 6.29. The standard InChI is InChI=1S/C18H22N2O3/c1-14-4-2-7-17(12-14)23-11-10-20-18(22)19-9-8-15-5-3-6-16(21)13-15/h2-7,12-13,21H,8-11H2,1H3,(H2,19,20,22). The van der Waals surface area contributed by atoms with Crippen LogP contribution in [0.25, 0.3) is 0 Å². The summed E-state index contributed by atoms with van der Waals surface area (Å²) in [6.07, 6.45) is 0.668. The van der Waals surface area contributed by atoms with Gasteiger partial charge in [0.1, 0.15) is 18.1 Å². The molecule has 2 aromatic carbocycles. The molecular weight excluding hydrogens is 292 g/mol. The van der Waals surface area contributed by atoms with Gasteiger partial charge >= 0.3 is 6.03 Å². The minimum Gasteiger partial charge on any atom is -0.508 e. The van der Waals surface area contributed by atoms with Gasteiger partial charge in [0.25, 0.3) is 0 Å². The smallest absolute Gasteiger partial charge is 0.314 e. The molecule has 0 aliphatic heterocycles. The molecule has 0 aromatic heterocycles. The summed E-state index contributed by atoms with van der Waals surface area (Å²) < 4.78 is 5.55. The molecule has 0 fully saturated rings. The molecule has 0 aliphatic rings. The Morgan fingerprint density at radius 3 is 2.65 bits per heavy atom. The third-order valence-corrected chi connectivity index (χ3v) is 3.26. The summed E-state index contributed by atoms with van der Waals surface area (Å²) in [7, 11) is 0. The number of ether oxygens (including phenoxy) is 1. The van der Waals surface area contributed by atoms with E-state index in [9.17, 15) is 9.90 Å². The fourth-order valence-electron chi connectivity index (χ4n) is 2.13. The van der Waals surface area contributed by atoms with E-state index in [0.29, 0.717) is 26.1 Å². The van der Waals surface area contributed by atoms with Crippen LogP contribution in [-0.2, 0) is 6.42 Å². The van der Waals surface area contributed by atoms with Crippen molar-refractivity contribution in [3.63, 3.8) is 0 Å². The first-order valence-corrected chi connectivity index (χ1v) is 7.62. The molecule has 0 saturated heterocycles. The van der Waals surface area contributed by atoms with Crippen LogP contribution in [0.2, 0.25) is 0 Å². The normalized spacial score (nSPS) is 10.1. The maximum absolute atomic E-state index is 11.6. The number of nitrogens with one attached hydrogen (secondary N) is 2. The molecule has 0 radical (unpaired) electrons. The maximum atomic E-state index is 11.6. The highest BCUT2D eigenvalue weighted by molar-refractivity contribution is 5.73. The third-order valence-electron chi connectivity index (χ3n) is 3.26. The van der Waals surface area contributed by atoms with Crippen molar-refractivity contribution < 1.29 is 14.6 Å². The van der Waals surface area contributed by atoms with E-state index in [1.54, 1.807) is 18.2 Å². The van der Waals surface area contributed by atoms with Crippen LogP contribution >= 0.6 is 0 Å². The largest absolute Gasteiger partial charge is 0.508 e. The number of carbonyl (C=O) groups is 1. The second-order valence-corrected chi connectivity index (χ2v) is 5.27. The lowest BCUT2D eigenvalue weighted by molar-refractivity contribution is 0.236. The molecule has 0 aliphatic carbocycles. The zero-order valence-electron chi connectivity index (χ0n) is 13.2. The molecule has 5 heteroatoms. The van der Waals surface area contributed by atoms with Gasteiger partial charge in [0.2, 0.25) is 0 Å². The van der Waals surface area contributed by atoms with Gasteiger partial charge in [-0.2, -0.15) is 0 Å². The van der Waals surface area contributed by atoms with Crippen molar-refractivity contribution in [3.05, 3.63) is 59.7 Å². The van der Waals surface area contributed by atoms with Gasteiger partial charge in [0.15, 0.2) is 0 Å². The first kappa shape index (κ1) is 16.7. The van der Waals surface area contributed by atoms with Gasteiger partial charge in [-0.3, -0.25) is 0 Å². The fourth-order valence-corrected chi connectivity index (χ4v) is 2.13. The van der Waals surface area contributed by atoms with Gasteiger partial charge in [-0.1, -0.05) is 24.3 Å². The summed E-state index contributed by atoms with van der Waals surface area (Å²) in [6, 6.07) is 14.6. The van der Waals surface area contributed by atoms with Crippen molar-refractivity contribution in [1.29, 1.82) is 0 Å². The van der Waals surface area contributed by atoms with Crippen molar-refractivity contribution in [3.8, 4) is 11.5 Å². The van der Waals surface area contributed by atoms with Gasteiger partial charge in [-0.15, -0.1) is 0 Å². The van der Waals surface area contributed by atoms with Crippen LogP contribution in [0.4, 0.5) is 4.79 Å². The van der Waals surface area contributed by atoms with Gasteiger partial charge in [0.05, 0.1) is 6.54 Å². The first-order valence-electron chi connectivity index (χ1n) is 7.62. The van der Waals surface area contributed by atoms with E-state index in [1.165, 1.54) is 0 Å². The Morgan fingerprint density at radius 2 is 1.87 bits per heavy atom. The number of urea groups is 1. The quantitative estimate of drug-likeness (QED) is 0.688. The van der Waals surface area contributed by atoms with E-state index in [4.69, 9.17) is 4.74 Å². The Morgan fingerprint density at radius 1 is 1.09 bits per heavy atom. The van der Waals surface area contributed by atoms with E-state index in [2.05, 4.69) is 10.6 Å². The van der Waals surface area contributed by atoms with Crippen molar-refractivity contribution in [2.75, 3.05) is 19.7 Å². The van der Waals surface area contributed by atoms with Crippen LogP contribution in [0, 0.1) is 6.92 Å². The van der Waals surface area contributed by atoms with E-state index in [0.717, 1.165) is 16.9 Å². The molecule has 2 rings (SSSR count). The molecular formula is C18H22N2O3. The van der Waals surface area contributed by atoms with Gasteiger partial charge in [-0.25, -0.2) is 4.79 Å². The minimum atomic E-state index is -0.224. The minimum absolute atomic E-state index is 0.224. The number of hydrogen-bond donors (Lipinski definition) is 3. The molecule has 0 spiro atoms. The van der Waals surface area contributed by atoms with Crippen molar-refractivity contribution in [2.45, 2.75) is 13.3 Å². The van der Waals surface area contributed by atoms with Crippen LogP contribution in [0.3, 0.4) is 0 Å². The summed E-state index contributed by atoms with van der Waals surface area (Å²) in [5, 5.41) is 14.9. The number of phenols is 1. The molecule has 0 unspecified atom stereocenters. The van der Waals surface area contributed by atoms with E-state index in [1.807, 2.05) is 37.3 Å². The molecule has 5 nitrogen and oxygen atoms in total. The number of amides is 2. The molecule has 122 valence electrons. The molecule has 3 N–H and O–H groups in total. The van der Waals surface area contributed by atoms with Crippen LogP contribution in [0.5, 0.6) is 11.5 Å². The monoisotopic (exact) mass is 314 g/mol. The van der Waals surface area contributed by atoms with Crippen LogP contribution in [0.15, 0.2) is 48.5 Å². The first-order chi connectivity index (χ1) is 11.1. The van der Waals surface area contributed by atoms with E-state index < -0.39 is 0 Å². The van der Waals surface area contributed by atoms with Crippen LogP contribution < -0.4 is 15.4 Å². The second-order valence-electron chi connectivity index (χ2n) is 5.27. The van der Waals surface area contributed by atoms with Gasteiger partial charge in [-0.05, 0) is 48.7 Å². The lowest BCUT2D eigenvalue weighted by Gasteiger charge is -2.09. The topological polar surface area (TPSA) is 70.6 Å². The lowest BCUT2D eigenvalue weighted by Crippen LogP contribution is -2.38. The second kappa shape index (κ2) is 8.68. The molecule has 0 saturated carbocycles. The summed E-state index contributed by atoms with van der Waals surface area (Å²) in [5.41, 5.74) is 2.12. The number of carbonyl (C=O) groups excluding carboxylic acids is 1. The van der Waals surface area contributed by atoms with Crippen molar-refractivity contribution in [1.82, 2.24) is 10.6 Å². The summed E-state index contributed by atoms with van der Waals surface area (Å²) in [4.78, 5) is 11.6. The van der Waals surface area contributed by atoms with Crippen LogP contribution in [0.1, 0.15) is 11.1 Å². The average molecular weight is 314 g/mol. The lowest BCUT2D eigenvalue weighted by atomic mass is 10.1. The SMILES string of the molecule is Cc1cccc(OCCNC(=O)NCCc2cccc(O)c2)c1. The number of rotatable bonds is 7. The Balaban J connectivity index is 1.58. The zero-order valence-corrected chi connectivity index (χ0v) is 13.2. The highest BCUT2D eigenvalue weighted by Gasteiger charge is 2.00. The molecule has 0 bridgehead atoms. The van der Waals surface area contributed by atoms with E-state index >= 15 is 0 Å². The Labute approximate surface area is 136 Å². The molecule has 2 aromatic rings. The number of phenolic OH excluding ortho intramolecular Hbond substituents is 1. The average Bonchev–Trinajstić information content (AvgIpc) is 2.52.